The van der Waals surface area contributed by atoms with Gasteiger partial charge in [-0.25, -0.2) is 0 Å². The van der Waals surface area contributed by atoms with E-state index in [1.807, 2.05) is 12.1 Å². The van der Waals surface area contributed by atoms with Crippen molar-refractivity contribution in [3.05, 3.63) is 47.5 Å². The maximum Gasteiger partial charge on any atom is 0.407 e. The van der Waals surface area contributed by atoms with Crippen LogP contribution in [0.1, 0.15) is 36.9 Å². The molecule has 2 N–H and O–H groups in total. The lowest BCUT2D eigenvalue weighted by Gasteiger charge is -2.18. The molecule has 0 spiro atoms. The molecule has 2 rings (SSSR count). The summed E-state index contributed by atoms with van der Waals surface area (Å²) in [6, 6.07) is 8.54. The second-order valence-corrected chi connectivity index (χ2v) is 4.98. The van der Waals surface area contributed by atoms with Crippen LogP contribution in [0.15, 0.2) is 36.4 Å². The standard InChI is InChI=1S/C16H18F3N/c1-2-3-6-11-7-4-9-13-12(11)8-5-10-14(13)15(20)16(17,18)19/h4-5,7-10,15H,2-3,6,20H2,1H3/t15-/m0/s1. The van der Waals surface area contributed by atoms with Gasteiger partial charge in [0.25, 0.3) is 0 Å². The Morgan fingerprint density at radius 2 is 1.70 bits per heavy atom. The Balaban J connectivity index is 2.53. The Morgan fingerprint density at radius 3 is 2.35 bits per heavy atom. The van der Waals surface area contributed by atoms with Crippen molar-refractivity contribution < 1.29 is 13.2 Å². The number of rotatable bonds is 4. The molecule has 0 amide bonds. The van der Waals surface area contributed by atoms with Crippen molar-refractivity contribution in [3.63, 3.8) is 0 Å². The third-order valence-electron chi connectivity index (χ3n) is 3.53. The molecule has 4 heteroatoms. The molecule has 0 heterocycles. The summed E-state index contributed by atoms with van der Waals surface area (Å²) >= 11 is 0. The minimum absolute atomic E-state index is 0.147. The van der Waals surface area contributed by atoms with Crippen LogP contribution in [0.3, 0.4) is 0 Å². The van der Waals surface area contributed by atoms with Gasteiger partial charge in [-0.1, -0.05) is 49.7 Å². The SMILES string of the molecule is CCCCc1cccc2c([C@H](N)C(F)(F)F)cccc12. The third kappa shape index (κ3) is 2.96. The van der Waals surface area contributed by atoms with Gasteiger partial charge < -0.3 is 5.73 Å². The van der Waals surface area contributed by atoms with Crippen LogP contribution in [0, 0.1) is 0 Å². The van der Waals surface area contributed by atoms with E-state index in [1.54, 1.807) is 18.2 Å². The lowest BCUT2D eigenvalue weighted by Crippen LogP contribution is -2.28. The van der Waals surface area contributed by atoms with Gasteiger partial charge in [0, 0.05) is 0 Å². The summed E-state index contributed by atoms with van der Waals surface area (Å²) in [5, 5.41) is 1.48. The molecule has 1 nitrogen and oxygen atoms in total. The van der Waals surface area contributed by atoms with E-state index in [-0.39, 0.29) is 5.56 Å². The summed E-state index contributed by atoms with van der Waals surface area (Å²) in [4.78, 5) is 0. The molecule has 0 aliphatic heterocycles. The van der Waals surface area contributed by atoms with Gasteiger partial charge in [0.15, 0.2) is 0 Å². The van der Waals surface area contributed by atoms with Gasteiger partial charge in [-0.05, 0) is 34.7 Å². The zero-order chi connectivity index (χ0) is 14.8. The molecule has 20 heavy (non-hydrogen) atoms. The second-order valence-electron chi connectivity index (χ2n) is 4.98. The zero-order valence-electron chi connectivity index (χ0n) is 11.4. The van der Waals surface area contributed by atoms with Crippen LogP contribution in [-0.2, 0) is 6.42 Å². The molecule has 0 fully saturated rings. The smallest absolute Gasteiger partial charge is 0.316 e. The number of benzene rings is 2. The highest BCUT2D eigenvalue weighted by Gasteiger charge is 2.38. The quantitative estimate of drug-likeness (QED) is 0.860. The van der Waals surface area contributed by atoms with E-state index in [4.69, 9.17) is 5.73 Å². The molecule has 0 saturated carbocycles. The normalized spacial score (nSPS) is 13.7. The van der Waals surface area contributed by atoms with Gasteiger partial charge in [-0.2, -0.15) is 13.2 Å². The molecular weight excluding hydrogens is 263 g/mol. The number of unbranched alkanes of at least 4 members (excludes halogenated alkanes) is 1. The summed E-state index contributed by atoms with van der Waals surface area (Å²) in [7, 11) is 0. The zero-order valence-corrected chi connectivity index (χ0v) is 11.4. The molecular formula is C16H18F3N. The monoisotopic (exact) mass is 281 g/mol. The fourth-order valence-electron chi connectivity index (χ4n) is 2.43. The van der Waals surface area contributed by atoms with Crippen molar-refractivity contribution in [2.45, 2.75) is 38.4 Å². The van der Waals surface area contributed by atoms with Crippen molar-refractivity contribution in [2.24, 2.45) is 5.73 Å². The molecule has 0 aromatic heterocycles. The van der Waals surface area contributed by atoms with Crippen molar-refractivity contribution in [3.8, 4) is 0 Å². The Kier molecular flexibility index (Phi) is 4.33. The molecule has 2 aromatic carbocycles. The first-order valence-corrected chi connectivity index (χ1v) is 6.78. The Hall–Kier alpha value is -1.55. The first kappa shape index (κ1) is 14.9. The maximum atomic E-state index is 12.8. The number of nitrogens with two attached hydrogens (primary N) is 1. The van der Waals surface area contributed by atoms with Crippen LogP contribution in [0.25, 0.3) is 10.8 Å². The lowest BCUT2D eigenvalue weighted by molar-refractivity contribution is -0.148. The van der Waals surface area contributed by atoms with Gasteiger partial charge in [0.1, 0.15) is 6.04 Å². The average Bonchev–Trinajstić information content (AvgIpc) is 2.42. The molecule has 0 saturated heterocycles. The van der Waals surface area contributed by atoms with Gasteiger partial charge in [-0.15, -0.1) is 0 Å². The predicted molar refractivity (Wildman–Crippen MR) is 75.5 cm³/mol. The number of alkyl halides is 3. The van der Waals surface area contributed by atoms with E-state index in [0.717, 1.165) is 30.2 Å². The summed E-state index contributed by atoms with van der Waals surface area (Å²) in [6.07, 6.45) is -1.47. The number of hydrogen-bond acceptors (Lipinski definition) is 1. The molecule has 2 aromatic rings. The largest absolute Gasteiger partial charge is 0.407 e. The predicted octanol–water partition coefficient (Wildman–Crippen LogP) is 4.74. The summed E-state index contributed by atoms with van der Waals surface area (Å²) < 4.78 is 38.5. The highest BCUT2D eigenvalue weighted by Crippen LogP contribution is 2.35. The van der Waals surface area contributed by atoms with Gasteiger partial charge in [0.05, 0.1) is 0 Å². The minimum atomic E-state index is -4.42. The van der Waals surface area contributed by atoms with Gasteiger partial charge in [0.2, 0.25) is 0 Å². The lowest BCUT2D eigenvalue weighted by atomic mass is 9.94. The van der Waals surface area contributed by atoms with Gasteiger partial charge >= 0.3 is 6.18 Å². The molecule has 108 valence electrons. The fraction of sp³-hybridized carbons (Fsp3) is 0.375. The van der Waals surface area contributed by atoms with Crippen molar-refractivity contribution >= 4 is 10.8 Å². The topological polar surface area (TPSA) is 26.0 Å². The Morgan fingerprint density at radius 1 is 1.05 bits per heavy atom. The number of hydrogen-bond donors (Lipinski definition) is 1. The van der Waals surface area contributed by atoms with E-state index in [2.05, 4.69) is 6.92 Å². The summed E-state index contributed by atoms with van der Waals surface area (Å²) in [6.45, 7) is 2.09. The molecule has 0 aliphatic rings. The van der Waals surface area contributed by atoms with E-state index in [0.29, 0.717) is 5.39 Å². The fourth-order valence-corrected chi connectivity index (χ4v) is 2.43. The van der Waals surface area contributed by atoms with Crippen LogP contribution in [-0.4, -0.2) is 6.18 Å². The molecule has 0 radical (unpaired) electrons. The second kappa shape index (κ2) is 5.83. The number of fused-ring (bicyclic) bond motifs is 1. The van der Waals surface area contributed by atoms with Crippen molar-refractivity contribution in [1.82, 2.24) is 0 Å². The van der Waals surface area contributed by atoms with Crippen LogP contribution in [0.5, 0.6) is 0 Å². The number of aryl methyl sites for hydroxylation is 1. The van der Waals surface area contributed by atoms with Crippen LogP contribution in [0.2, 0.25) is 0 Å². The molecule has 0 unspecified atom stereocenters. The maximum absolute atomic E-state index is 12.8. The van der Waals surface area contributed by atoms with Gasteiger partial charge in [-0.3, -0.25) is 0 Å². The molecule has 0 bridgehead atoms. The first-order chi connectivity index (χ1) is 9.45. The van der Waals surface area contributed by atoms with Crippen molar-refractivity contribution in [1.29, 1.82) is 0 Å². The van der Waals surface area contributed by atoms with Crippen LogP contribution >= 0.6 is 0 Å². The summed E-state index contributed by atoms with van der Waals surface area (Å²) in [5.74, 6) is 0. The van der Waals surface area contributed by atoms with E-state index >= 15 is 0 Å². The minimum Gasteiger partial charge on any atom is -0.316 e. The number of halogens is 3. The summed E-state index contributed by atoms with van der Waals surface area (Å²) in [5.41, 5.74) is 6.59. The molecule has 1 atom stereocenters. The van der Waals surface area contributed by atoms with E-state index in [1.165, 1.54) is 6.07 Å². The van der Waals surface area contributed by atoms with Crippen LogP contribution in [0.4, 0.5) is 13.2 Å². The van der Waals surface area contributed by atoms with E-state index < -0.39 is 12.2 Å². The highest BCUT2D eigenvalue weighted by atomic mass is 19.4. The molecule has 0 aliphatic carbocycles. The van der Waals surface area contributed by atoms with E-state index in [9.17, 15) is 13.2 Å². The Labute approximate surface area is 116 Å². The van der Waals surface area contributed by atoms with Crippen LogP contribution < -0.4 is 5.73 Å². The highest BCUT2D eigenvalue weighted by molar-refractivity contribution is 5.89. The van der Waals surface area contributed by atoms with Crippen molar-refractivity contribution in [2.75, 3.05) is 0 Å². The average molecular weight is 281 g/mol. The Bertz CT molecular complexity index is 590. The first-order valence-electron chi connectivity index (χ1n) is 6.78. The third-order valence-corrected chi connectivity index (χ3v) is 3.53.